The highest BCUT2D eigenvalue weighted by molar-refractivity contribution is 6.30. The second kappa shape index (κ2) is 8.26. The molecule has 0 bridgehead atoms. The van der Waals surface area contributed by atoms with Crippen LogP contribution in [0.15, 0.2) is 24.3 Å². The van der Waals surface area contributed by atoms with Gasteiger partial charge in [0.2, 0.25) is 5.91 Å². The third-order valence-corrected chi connectivity index (χ3v) is 5.09. The predicted octanol–water partition coefficient (Wildman–Crippen LogP) is 2.98. The molecule has 26 heavy (non-hydrogen) atoms. The molecular weight excluding hydrogens is 350 g/mol. The summed E-state index contributed by atoms with van der Waals surface area (Å²) in [6.07, 6.45) is 0. The Kier molecular flexibility index (Phi) is 6.72. The van der Waals surface area contributed by atoms with Gasteiger partial charge in [-0.1, -0.05) is 44.5 Å². The van der Waals surface area contributed by atoms with E-state index < -0.39 is 6.04 Å². The molecule has 0 aliphatic carbocycles. The second-order valence-electron chi connectivity index (χ2n) is 8.73. The molecule has 1 aromatic rings. The number of nitrogens with one attached hydrogen (secondary N) is 1. The molecule has 1 fully saturated rings. The summed E-state index contributed by atoms with van der Waals surface area (Å²) in [5, 5.41) is 3.75. The lowest BCUT2D eigenvalue weighted by Gasteiger charge is -2.42. The predicted molar refractivity (Wildman–Crippen MR) is 106 cm³/mol. The van der Waals surface area contributed by atoms with Crippen molar-refractivity contribution in [3.63, 3.8) is 0 Å². The van der Waals surface area contributed by atoms with Gasteiger partial charge in [0.25, 0.3) is 0 Å². The molecule has 5 nitrogen and oxygen atoms in total. The van der Waals surface area contributed by atoms with Crippen LogP contribution >= 0.6 is 11.6 Å². The zero-order valence-corrected chi connectivity index (χ0v) is 17.3. The van der Waals surface area contributed by atoms with Gasteiger partial charge in [0.05, 0.1) is 24.3 Å². The highest BCUT2D eigenvalue weighted by Crippen LogP contribution is 2.27. The number of carbonyl (C=O) groups excluding carboxylic acids is 1. The summed E-state index contributed by atoms with van der Waals surface area (Å²) in [5.74, 6) is -0.121. The third kappa shape index (κ3) is 5.68. The Bertz CT molecular complexity index is 610. The number of amides is 1. The van der Waals surface area contributed by atoms with E-state index in [1.165, 1.54) is 0 Å². The van der Waals surface area contributed by atoms with Crippen LogP contribution in [-0.2, 0) is 9.53 Å². The molecule has 1 aliphatic heterocycles. The van der Waals surface area contributed by atoms with Crippen molar-refractivity contribution in [1.29, 1.82) is 0 Å². The van der Waals surface area contributed by atoms with Gasteiger partial charge in [-0.05, 0) is 37.0 Å². The summed E-state index contributed by atoms with van der Waals surface area (Å²) < 4.78 is 5.84. The zero-order valence-electron chi connectivity index (χ0n) is 16.5. The van der Waals surface area contributed by atoms with Crippen LogP contribution in [0.25, 0.3) is 0 Å². The fourth-order valence-electron chi connectivity index (χ4n) is 3.16. The first kappa shape index (κ1) is 21.2. The molecule has 3 N–H and O–H groups in total. The van der Waals surface area contributed by atoms with E-state index >= 15 is 0 Å². The van der Waals surface area contributed by atoms with E-state index in [-0.39, 0.29) is 23.0 Å². The van der Waals surface area contributed by atoms with Crippen LogP contribution < -0.4 is 11.1 Å². The normalized spacial score (nSPS) is 20.4. The van der Waals surface area contributed by atoms with Crippen LogP contribution in [0.4, 0.5) is 0 Å². The first-order valence-electron chi connectivity index (χ1n) is 9.16. The number of ether oxygens (including phenoxy) is 1. The average Bonchev–Trinajstić information content (AvgIpc) is 2.54. The molecule has 0 radical (unpaired) electrons. The van der Waals surface area contributed by atoms with Crippen molar-refractivity contribution in [1.82, 2.24) is 10.2 Å². The maximum atomic E-state index is 12.5. The largest absolute Gasteiger partial charge is 0.373 e. The maximum absolute atomic E-state index is 12.5. The molecule has 2 rings (SSSR count). The molecule has 1 unspecified atom stereocenters. The van der Waals surface area contributed by atoms with Crippen LogP contribution in [0.2, 0.25) is 5.02 Å². The van der Waals surface area contributed by atoms with E-state index in [1.54, 1.807) is 0 Å². The maximum Gasteiger partial charge on any atom is 0.237 e. The molecule has 1 amide bonds. The van der Waals surface area contributed by atoms with Crippen molar-refractivity contribution in [2.75, 3.05) is 26.2 Å². The molecule has 2 atom stereocenters. The lowest BCUT2D eigenvalue weighted by Crippen LogP contribution is -2.53. The molecule has 6 heteroatoms. The summed E-state index contributed by atoms with van der Waals surface area (Å²) >= 11 is 6.05. The minimum Gasteiger partial charge on any atom is -0.373 e. The van der Waals surface area contributed by atoms with Crippen molar-refractivity contribution in [2.45, 2.75) is 52.3 Å². The van der Waals surface area contributed by atoms with Crippen LogP contribution in [0, 0.1) is 5.41 Å². The third-order valence-electron chi connectivity index (χ3n) is 4.84. The fourth-order valence-corrected chi connectivity index (χ4v) is 3.29. The van der Waals surface area contributed by atoms with Gasteiger partial charge in [-0.25, -0.2) is 0 Å². The van der Waals surface area contributed by atoms with Gasteiger partial charge in [-0.2, -0.15) is 0 Å². The molecule has 1 heterocycles. The lowest BCUT2D eigenvalue weighted by molar-refractivity contribution is -0.125. The van der Waals surface area contributed by atoms with Crippen molar-refractivity contribution >= 4 is 17.5 Å². The summed E-state index contributed by atoms with van der Waals surface area (Å²) in [5.41, 5.74) is 6.73. The van der Waals surface area contributed by atoms with Gasteiger partial charge < -0.3 is 15.8 Å². The monoisotopic (exact) mass is 381 g/mol. The zero-order chi connectivity index (χ0) is 19.5. The molecule has 0 aromatic heterocycles. The van der Waals surface area contributed by atoms with Gasteiger partial charge in [0.1, 0.15) is 0 Å². The molecule has 0 saturated carbocycles. The highest BCUT2D eigenvalue weighted by Gasteiger charge is 2.33. The number of carbonyl (C=O) groups is 1. The lowest BCUT2D eigenvalue weighted by atomic mass is 9.87. The minimum atomic E-state index is -0.547. The Balaban J connectivity index is 2.16. The summed E-state index contributed by atoms with van der Waals surface area (Å²) in [6.45, 7) is 12.9. The standard InChI is InChI=1S/C20H32ClN3O2/c1-19(2,3)17(22)18(25)23-12-16(14-6-8-15(21)9-7-14)24-10-11-26-20(4,5)13-24/h6-9,16-17H,10-13,22H2,1-5H3,(H,23,25)/t16?,17-/m1/s1. The summed E-state index contributed by atoms with van der Waals surface area (Å²) in [7, 11) is 0. The van der Waals surface area contributed by atoms with Gasteiger partial charge >= 0.3 is 0 Å². The number of nitrogens with two attached hydrogens (primary N) is 1. The highest BCUT2D eigenvalue weighted by atomic mass is 35.5. The van der Waals surface area contributed by atoms with Crippen LogP contribution in [0.1, 0.15) is 46.2 Å². The Hall–Kier alpha value is -1.14. The van der Waals surface area contributed by atoms with E-state index in [2.05, 4.69) is 24.1 Å². The number of morpholine rings is 1. The SMILES string of the molecule is CC1(C)CN(C(CNC(=O)[C@@H](N)C(C)(C)C)c2ccc(Cl)cc2)CCO1. The van der Waals surface area contributed by atoms with Crippen molar-refractivity contribution < 1.29 is 9.53 Å². The van der Waals surface area contributed by atoms with Crippen LogP contribution in [-0.4, -0.2) is 48.7 Å². The van der Waals surface area contributed by atoms with Crippen molar-refractivity contribution in [3.8, 4) is 0 Å². The van der Waals surface area contributed by atoms with E-state index in [9.17, 15) is 4.79 Å². The molecule has 1 aromatic carbocycles. The Morgan fingerprint density at radius 2 is 1.96 bits per heavy atom. The molecular formula is C20H32ClN3O2. The van der Waals surface area contributed by atoms with Crippen LogP contribution in [0.3, 0.4) is 0 Å². The van der Waals surface area contributed by atoms with E-state index in [0.29, 0.717) is 18.2 Å². The second-order valence-corrected chi connectivity index (χ2v) is 9.17. The van der Waals surface area contributed by atoms with Gasteiger partial charge in [0.15, 0.2) is 0 Å². The van der Waals surface area contributed by atoms with Gasteiger partial charge in [-0.3, -0.25) is 9.69 Å². The molecule has 1 saturated heterocycles. The van der Waals surface area contributed by atoms with Gasteiger partial charge in [0, 0.05) is 24.7 Å². The van der Waals surface area contributed by atoms with Crippen molar-refractivity contribution in [3.05, 3.63) is 34.9 Å². The molecule has 0 spiro atoms. The number of halogens is 1. The summed E-state index contributed by atoms with van der Waals surface area (Å²) in [4.78, 5) is 14.8. The van der Waals surface area contributed by atoms with E-state index in [1.807, 2.05) is 45.0 Å². The number of hydrogen-bond donors (Lipinski definition) is 2. The fraction of sp³-hybridized carbons (Fsp3) is 0.650. The Morgan fingerprint density at radius 3 is 2.50 bits per heavy atom. The smallest absolute Gasteiger partial charge is 0.237 e. The van der Waals surface area contributed by atoms with E-state index in [4.69, 9.17) is 22.1 Å². The molecule has 1 aliphatic rings. The number of rotatable bonds is 5. The number of nitrogens with zero attached hydrogens (tertiary/aromatic N) is 1. The van der Waals surface area contributed by atoms with E-state index in [0.717, 1.165) is 18.7 Å². The topological polar surface area (TPSA) is 67.6 Å². The van der Waals surface area contributed by atoms with Crippen molar-refractivity contribution in [2.24, 2.45) is 11.1 Å². The quantitative estimate of drug-likeness (QED) is 0.822. The summed E-state index contributed by atoms with van der Waals surface area (Å²) in [6, 6.07) is 7.31. The first-order chi connectivity index (χ1) is 12.0. The first-order valence-corrected chi connectivity index (χ1v) is 9.54. The van der Waals surface area contributed by atoms with Gasteiger partial charge in [-0.15, -0.1) is 0 Å². The molecule has 146 valence electrons. The average molecular weight is 382 g/mol. The minimum absolute atomic E-state index is 0.0477. The number of hydrogen-bond acceptors (Lipinski definition) is 4. The Morgan fingerprint density at radius 1 is 1.35 bits per heavy atom. The number of benzene rings is 1. The Labute approximate surface area is 162 Å². The van der Waals surface area contributed by atoms with Crippen LogP contribution in [0.5, 0.6) is 0 Å².